The monoisotopic (exact) mass is 392 g/mol. The van der Waals surface area contributed by atoms with Gasteiger partial charge in [-0.15, -0.1) is 0 Å². The van der Waals surface area contributed by atoms with Gasteiger partial charge in [0.25, 0.3) is 0 Å². The van der Waals surface area contributed by atoms with E-state index in [1.54, 1.807) is 12.1 Å². The van der Waals surface area contributed by atoms with Crippen molar-refractivity contribution in [2.45, 2.75) is 45.1 Å². The van der Waals surface area contributed by atoms with E-state index in [-0.39, 0.29) is 24.1 Å². The molecule has 2 aromatic rings. The molecular formula is C24H24O5. The second-order valence-electron chi connectivity index (χ2n) is 8.36. The summed E-state index contributed by atoms with van der Waals surface area (Å²) in [6, 6.07) is 11.0. The van der Waals surface area contributed by atoms with Gasteiger partial charge in [-0.1, -0.05) is 18.7 Å². The predicted molar refractivity (Wildman–Crippen MR) is 109 cm³/mol. The van der Waals surface area contributed by atoms with Crippen molar-refractivity contribution in [2.75, 3.05) is 6.61 Å². The normalized spacial score (nSPS) is 19.5. The van der Waals surface area contributed by atoms with Crippen LogP contribution in [-0.2, 0) is 4.79 Å². The molecule has 29 heavy (non-hydrogen) atoms. The number of ether oxygens (including phenoxy) is 3. The third-order valence-corrected chi connectivity index (χ3v) is 5.13. The van der Waals surface area contributed by atoms with E-state index in [1.807, 2.05) is 45.0 Å². The first-order valence-electron chi connectivity index (χ1n) is 9.70. The third-order valence-electron chi connectivity index (χ3n) is 5.13. The van der Waals surface area contributed by atoms with Crippen molar-refractivity contribution in [3.05, 3.63) is 65.2 Å². The van der Waals surface area contributed by atoms with Crippen LogP contribution in [0.4, 0.5) is 0 Å². The van der Waals surface area contributed by atoms with Crippen LogP contribution in [0.25, 0.3) is 0 Å². The Labute approximate surface area is 170 Å². The number of benzene rings is 2. The second-order valence-corrected chi connectivity index (χ2v) is 8.36. The van der Waals surface area contributed by atoms with E-state index in [9.17, 15) is 9.59 Å². The molecule has 0 amide bonds. The lowest BCUT2D eigenvalue weighted by atomic mass is 9.82. The molecule has 2 aliphatic rings. The summed E-state index contributed by atoms with van der Waals surface area (Å²) in [4.78, 5) is 24.9. The minimum Gasteiger partial charge on any atom is -0.489 e. The summed E-state index contributed by atoms with van der Waals surface area (Å²) in [5.41, 5.74) is 2.59. The van der Waals surface area contributed by atoms with E-state index < -0.39 is 5.60 Å². The number of carbonyl (C=O) groups is 2. The van der Waals surface area contributed by atoms with Crippen LogP contribution in [-0.4, -0.2) is 24.0 Å². The van der Waals surface area contributed by atoms with Crippen molar-refractivity contribution in [1.29, 1.82) is 0 Å². The number of rotatable bonds is 4. The van der Waals surface area contributed by atoms with Crippen molar-refractivity contribution in [3.8, 4) is 17.2 Å². The molecule has 0 aromatic heterocycles. The Morgan fingerprint density at radius 3 is 2.59 bits per heavy atom. The topological polar surface area (TPSA) is 61.8 Å². The van der Waals surface area contributed by atoms with Crippen LogP contribution in [0.1, 0.15) is 61.0 Å². The van der Waals surface area contributed by atoms with Crippen LogP contribution in [0.15, 0.2) is 48.6 Å². The van der Waals surface area contributed by atoms with E-state index in [4.69, 9.17) is 14.2 Å². The summed E-state index contributed by atoms with van der Waals surface area (Å²) in [5.74, 6) is 1.21. The van der Waals surface area contributed by atoms with Gasteiger partial charge in [0.2, 0.25) is 0 Å². The fourth-order valence-electron chi connectivity index (χ4n) is 3.84. The molecule has 1 unspecified atom stereocenters. The maximum atomic E-state index is 12.7. The number of ketones is 1. The SMILES string of the molecule is C=C(C)COc1ccc(C2CC(=O)Oc3ccc4c(c32)OC(C)(C)CC4=O)cc1. The smallest absolute Gasteiger partial charge is 0.312 e. The Morgan fingerprint density at radius 2 is 1.90 bits per heavy atom. The number of fused-ring (bicyclic) bond motifs is 3. The zero-order valence-corrected chi connectivity index (χ0v) is 16.9. The summed E-state index contributed by atoms with van der Waals surface area (Å²) >= 11 is 0. The predicted octanol–water partition coefficient (Wildman–Crippen LogP) is 4.83. The molecule has 5 heteroatoms. The fourth-order valence-corrected chi connectivity index (χ4v) is 3.84. The van der Waals surface area contributed by atoms with Gasteiger partial charge in [0.15, 0.2) is 5.78 Å². The Morgan fingerprint density at radius 1 is 1.17 bits per heavy atom. The second kappa shape index (κ2) is 7.07. The van der Waals surface area contributed by atoms with E-state index in [0.29, 0.717) is 30.1 Å². The summed E-state index contributed by atoms with van der Waals surface area (Å²) in [6.07, 6.45) is 0.505. The maximum Gasteiger partial charge on any atom is 0.312 e. The standard InChI is InChI=1S/C24H24O5/c1-14(2)13-27-16-7-5-15(6-8-16)18-11-21(26)28-20-10-9-17-19(25)12-24(3,4)29-23(17)22(18)20/h5-10,18H,1,11-13H2,2-4H3. The first-order valence-corrected chi connectivity index (χ1v) is 9.70. The molecule has 0 spiro atoms. The lowest BCUT2D eigenvalue weighted by Crippen LogP contribution is -2.37. The zero-order chi connectivity index (χ0) is 20.8. The number of Topliss-reactive ketones (excluding diaryl/α,β-unsaturated/α-hetero) is 1. The molecule has 150 valence electrons. The van der Waals surface area contributed by atoms with Crippen molar-refractivity contribution in [3.63, 3.8) is 0 Å². The Balaban J connectivity index is 1.76. The van der Waals surface area contributed by atoms with Gasteiger partial charge in [-0.05, 0) is 56.2 Å². The molecule has 4 rings (SSSR count). The van der Waals surface area contributed by atoms with Gasteiger partial charge in [-0.3, -0.25) is 9.59 Å². The minimum absolute atomic E-state index is 0.0400. The van der Waals surface area contributed by atoms with Crippen LogP contribution < -0.4 is 14.2 Å². The lowest BCUT2D eigenvalue weighted by molar-refractivity contribution is -0.135. The third kappa shape index (κ3) is 3.77. The fraction of sp³-hybridized carbons (Fsp3) is 0.333. The molecule has 2 aliphatic heterocycles. The van der Waals surface area contributed by atoms with Crippen molar-refractivity contribution in [1.82, 2.24) is 0 Å². The van der Waals surface area contributed by atoms with Crippen LogP contribution in [0.5, 0.6) is 17.2 Å². The summed E-state index contributed by atoms with van der Waals surface area (Å²) in [7, 11) is 0. The molecule has 1 atom stereocenters. The van der Waals surface area contributed by atoms with Crippen LogP contribution in [0.3, 0.4) is 0 Å². The number of hydrogen-bond donors (Lipinski definition) is 0. The number of carbonyl (C=O) groups excluding carboxylic acids is 2. The number of esters is 1. The van der Waals surface area contributed by atoms with Crippen LogP contribution in [0.2, 0.25) is 0 Å². The summed E-state index contributed by atoms with van der Waals surface area (Å²) < 4.78 is 17.4. The molecule has 5 nitrogen and oxygen atoms in total. The van der Waals surface area contributed by atoms with Gasteiger partial charge in [0, 0.05) is 11.5 Å². The van der Waals surface area contributed by atoms with Gasteiger partial charge >= 0.3 is 5.97 Å². The van der Waals surface area contributed by atoms with E-state index in [2.05, 4.69) is 6.58 Å². The highest BCUT2D eigenvalue weighted by Gasteiger charge is 2.39. The molecule has 0 radical (unpaired) electrons. The van der Waals surface area contributed by atoms with E-state index >= 15 is 0 Å². The highest BCUT2D eigenvalue weighted by atomic mass is 16.5. The molecular weight excluding hydrogens is 368 g/mol. The first-order chi connectivity index (χ1) is 13.7. The molecule has 0 aliphatic carbocycles. The van der Waals surface area contributed by atoms with Gasteiger partial charge in [-0.25, -0.2) is 0 Å². The maximum absolute atomic E-state index is 12.7. The first kappa shape index (κ1) is 19.2. The Kier molecular flexibility index (Phi) is 4.69. The summed E-state index contributed by atoms with van der Waals surface area (Å²) in [5, 5.41) is 0. The lowest BCUT2D eigenvalue weighted by Gasteiger charge is -2.36. The van der Waals surface area contributed by atoms with Crippen LogP contribution >= 0.6 is 0 Å². The van der Waals surface area contributed by atoms with Crippen molar-refractivity contribution in [2.24, 2.45) is 0 Å². The molecule has 0 fully saturated rings. The minimum atomic E-state index is -0.606. The van der Waals surface area contributed by atoms with Gasteiger partial charge in [0.05, 0.1) is 18.4 Å². The van der Waals surface area contributed by atoms with Gasteiger partial charge < -0.3 is 14.2 Å². The summed E-state index contributed by atoms with van der Waals surface area (Å²) in [6.45, 7) is 9.99. The molecule has 2 heterocycles. The highest BCUT2D eigenvalue weighted by molar-refractivity contribution is 6.01. The highest BCUT2D eigenvalue weighted by Crippen LogP contribution is 2.48. The van der Waals surface area contributed by atoms with Gasteiger partial charge in [0.1, 0.15) is 29.5 Å². The Hall–Kier alpha value is -3.08. The molecule has 0 bridgehead atoms. The van der Waals surface area contributed by atoms with E-state index in [0.717, 1.165) is 22.4 Å². The molecule has 0 saturated carbocycles. The van der Waals surface area contributed by atoms with Gasteiger partial charge in [-0.2, -0.15) is 0 Å². The average molecular weight is 392 g/mol. The average Bonchev–Trinajstić information content (AvgIpc) is 2.64. The van der Waals surface area contributed by atoms with Crippen molar-refractivity contribution >= 4 is 11.8 Å². The molecule has 0 saturated heterocycles. The van der Waals surface area contributed by atoms with Crippen molar-refractivity contribution < 1.29 is 23.8 Å². The molecule has 2 aromatic carbocycles. The quantitative estimate of drug-likeness (QED) is 0.424. The Bertz CT molecular complexity index is 1000. The molecule has 0 N–H and O–H groups in total. The van der Waals surface area contributed by atoms with Crippen LogP contribution in [0, 0.1) is 0 Å². The largest absolute Gasteiger partial charge is 0.489 e. The zero-order valence-electron chi connectivity index (χ0n) is 16.9. The number of hydrogen-bond acceptors (Lipinski definition) is 5. The van der Waals surface area contributed by atoms with E-state index in [1.165, 1.54) is 0 Å².